The molecule has 0 aromatic heterocycles. The Kier molecular flexibility index (Phi) is 8.99. The number of ether oxygens (including phenoxy) is 6. The van der Waals surface area contributed by atoms with Gasteiger partial charge in [0.25, 0.3) is 0 Å². The number of fused-ring (bicyclic) bond motifs is 1. The van der Waals surface area contributed by atoms with Crippen LogP contribution in [0.15, 0.2) is 30.3 Å². The van der Waals surface area contributed by atoms with Crippen molar-refractivity contribution in [2.24, 2.45) is 0 Å². The minimum Gasteiger partial charge on any atom is -0.507 e. The fourth-order valence-electron chi connectivity index (χ4n) is 5.29. The van der Waals surface area contributed by atoms with Crippen molar-refractivity contribution in [1.29, 1.82) is 0 Å². The van der Waals surface area contributed by atoms with Crippen molar-refractivity contribution in [2.75, 3.05) is 13.7 Å². The molecule has 5 rings (SSSR count). The van der Waals surface area contributed by atoms with E-state index in [1.54, 1.807) is 6.07 Å². The summed E-state index contributed by atoms with van der Waals surface area (Å²) >= 11 is 0. The summed E-state index contributed by atoms with van der Waals surface area (Å²) in [7, 11) is 1.39. The van der Waals surface area contributed by atoms with Gasteiger partial charge < -0.3 is 69.3 Å². The number of hydrogen-bond donors (Lipinski definition) is 8. The molecule has 3 aliphatic rings. The molecule has 3 aliphatic heterocycles. The van der Waals surface area contributed by atoms with Gasteiger partial charge in [0.1, 0.15) is 65.5 Å². The number of carbonyl (C=O) groups excluding carboxylic acids is 1. The molecule has 2 saturated heterocycles. The van der Waals surface area contributed by atoms with Crippen molar-refractivity contribution in [1.82, 2.24) is 0 Å². The third kappa shape index (κ3) is 5.95. The molecule has 0 bridgehead atoms. The number of rotatable bonds is 7. The molecule has 2 aromatic carbocycles. The first-order valence-corrected chi connectivity index (χ1v) is 13.5. The standard InChI is InChI=1S/C28H34O15/c1-10-21(33)23(35)25(37)27(39-10)43-26-24(36)22(34)19(9-29)42-28(26)40-12-6-14(31)20-15(32)8-17(41-18(20)7-12)11-3-4-16(38-2)13(30)5-11/h3-7,10,17,19,21-31,33-37H,8-9H2,1-2H3/t10-,17?,19+,21-,22+,23+,24-,25+,26?,27+,28+/m0/s1. The second-order valence-electron chi connectivity index (χ2n) is 10.6. The van der Waals surface area contributed by atoms with E-state index in [4.69, 9.17) is 28.4 Å². The first-order valence-electron chi connectivity index (χ1n) is 13.5. The molecule has 2 unspecified atom stereocenters. The number of aromatic hydroxyl groups is 2. The number of ketones is 1. The first-order chi connectivity index (χ1) is 20.4. The Balaban J connectivity index is 1.41. The highest BCUT2D eigenvalue weighted by molar-refractivity contribution is 6.02. The van der Waals surface area contributed by atoms with E-state index >= 15 is 0 Å². The van der Waals surface area contributed by atoms with Crippen LogP contribution in [0.5, 0.6) is 28.7 Å². The normalized spacial score (nSPS) is 36.0. The molecule has 0 spiro atoms. The number of benzene rings is 2. The molecule has 0 amide bonds. The highest BCUT2D eigenvalue weighted by atomic mass is 16.8. The molecule has 8 N–H and O–H groups in total. The molecule has 2 fully saturated rings. The van der Waals surface area contributed by atoms with Gasteiger partial charge in [-0.1, -0.05) is 6.07 Å². The van der Waals surface area contributed by atoms with Crippen LogP contribution in [0.25, 0.3) is 0 Å². The lowest BCUT2D eigenvalue weighted by molar-refractivity contribution is -0.354. The SMILES string of the molecule is COc1ccc(C2CC(=O)c3c(O)cc(O[C@@H]4O[C@H](CO)[C@@H](O)[C@H](O)C4O[C@H]4O[C@@H](C)[C@H](O)[C@@H](O)[C@H]4O)cc3O2)cc1O. The fraction of sp³-hybridized carbons (Fsp3) is 0.536. The van der Waals surface area contributed by atoms with Gasteiger partial charge in [-0.2, -0.15) is 0 Å². The summed E-state index contributed by atoms with van der Waals surface area (Å²) in [6, 6.07) is 6.89. The van der Waals surface area contributed by atoms with E-state index in [0.29, 0.717) is 5.56 Å². The smallest absolute Gasteiger partial charge is 0.229 e. The van der Waals surface area contributed by atoms with Gasteiger partial charge in [0, 0.05) is 12.1 Å². The molecule has 2 aromatic rings. The Morgan fingerprint density at radius 2 is 1.63 bits per heavy atom. The molecule has 0 aliphatic carbocycles. The number of methoxy groups -OCH3 is 1. The predicted octanol–water partition coefficient (Wildman–Crippen LogP) is -1.16. The quantitative estimate of drug-likeness (QED) is 0.185. The number of phenolic OH excluding ortho intramolecular Hbond substituents is 2. The van der Waals surface area contributed by atoms with E-state index < -0.39 is 85.7 Å². The van der Waals surface area contributed by atoms with E-state index in [9.17, 15) is 45.6 Å². The van der Waals surface area contributed by atoms with Gasteiger partial charge in [0.15, 0.2) is 29.7 Å². The monoisotopic (exact) mass is 610 g/mol. The van der Waals surface area contributed by atoms with Crippen LogP contribution in [-0.4, -0.2) is 122 Å². The van der Waals surface area contributed by atoms with E-state index in [0.717, 1.165) is 6.07 Å². The van der Waals surface area contributed by atoms with Crippen molar-refractivity contribution >= 4 is 5.78 Å². The average Bonchev–Trinajstić information content (AvgIpc) is 2.97. The molecular weight excluding hydrogens is 576 g/mol. The third-order valence-electron chi connectivity index (χ3n) is 7.72. The van der Waals surface area contributed by atoms with Crippen molar-refractivity contribution in [3.63, 3.8) is 0 Å². The summed E-state index contributed by atoms with van der Waals surface area (Å²) in [4.78, 5) is 13.0. The predicted molar refractivity (Wildman–Crippen MR) is 141 cm³/mol. The Morgan fingerprint density at radius 3 is 2.30 bits per heavy atom. The summed E-state index contributed by atoms with van der Waals surface area (Å²) < 4.78 is 33.7. The number of aliphatic hydroxyl groups is 6. The van der Waals surface area contributed by atoms with Gasteiger partial charge in [0.2, 0.25) is 6.29 Å². The van der Waals surface area contributed by atoms with Gasteiger partial charge in [-0.15, -0.1) is 0 Å². The van der Waals surface area contributed by atoms with E-state index in [1.807, 2.05) is 0 Å². The maximum Gasteiger partial charge on any atom is 0.229 e. The van der Waals surface area contributed by atoms with Crippen LogP contribution in [0, 0.1) is 0 Å². The molecule has 15 heteroatoms. The Morgan fingerprint density at radius 1 is 0.884 bits per heavy atom. The van der Waals surface area contributed by atoms with Crippen molar-refractivity contribution in [3.05, 3.63) is 41.5 Å². The summed E-state index contributed by atoms with van der Waals surface area (Å²) in [5, 5.41) is 82.4. The zero-order valence-electron chi connectivity index (χ0n) is 23.1. The summed E-state index contributed by atoms with van der Waals surface area (Å²) in [6.07, 6.45) is -16.3. The summed E-state index contributed by atoms with van der Waals surface area (Å²) in [5.74, 6) is -1.06. The number of Topliss-reactive ketones (excluding diaryl/α,β-unsaturated/α-hetero) is 1. The average molecular weight is 611 g/mol. The van der Waals surface area contributed by atoms with E-state index in [1.165, 1.54) is 32.2 Å². The Labute approximate surface area is 245 Å². The molecule has 0 saturated carbocycles. The number of aliphatic hydroxyl groups excluding tert-OH is 6. The second-order valence-corrected chi connectivity index (χ2v) is 10.6. The van der Waals surface area contributed by atoms with Crippen molar-refractivity contribution in [2.45, 2.75) is 80.9 Å². The van der Waals surface area contributed by atoms with Crippen LogP contribution in [-0.2, 0) is 14.2 Å². The molecule has 15 nitrogen and oxygen atoms in total. The molecule has 43 heavy (non-hydrogen) atoms. The third-order valence-corrected chi connectivity index (χ3v) is 7.72. The Hall–Kier alpha value is -3.25. The molecule has 0 radical (unpaired) electrons. The molecule has 11 atom stereocenters. The molecular formula is C28H34O15. The van der Waals surface area contributed by atoms with Crippen LogP contribution in [0.1, 0.15) is 35.4 Å². The van der Waals surface area contributed by atoms with Gasteiger partial charge in [-0.25, -0.2) is 0 Å². The lowest BCUT2D eigenvalue weighted by Gasteiger charge is -2.45. The summed E-state index contributed by atoms with van der Waals surface area (Å²) in [5.41, 5.74) is 0.352. The zero-order valence-corrected chi connectivity index (χ0v) is 23.1. The summed E-state index contributed by atoms with van der Waals surface area (Å²) in [6.45, 7) is 0.699. The topological polar surface area (TPSA) is 234 Å². The van der Waals surface area contributed by atoms with E-state index in [2.05, 4.69) is 0 Å². The zero-order chi connectivity index (χ0) is 31.2. The van der Waals surface area contributed by atoms with Crippen LogP contribution in [0.2, 0.25) is 0 Å². The number of hydrogen-bond acceptors (Lipinski definition) is 15. The van der Waals surface area contributed by atoms with Crippen LogP contribution >= 0.6 is 0 Å². The number of phenols is 2. The van der Waals surface area contributed by atoms with Gasteiger partial charge in [-0.3, -0.25) is 4.79 Å². The van der Waals surface area contributed by atoms with Crippen LogP contribution in [0.4, 0.5) is 0 Å². The van der Waals surface area contributed by atoms with Gasteiger partial charge in [0.05, 0.1) is 26.2 Å². The number of carbonyl (C=O) groups is 1. The minimum atomic E-state index is -1.76. The highest BCUT2D eigenvalue weighted by Gasteiger charge is 2.51. The molecule has 236 valence electrons. The van der Waals surface area contributed by atoms with Gasteiger partial charge in [-0.05, 0) is 24.6 Å². The largest absolute Gasteiger partial charge is 0.507 e. The van der Waals surface area contributed by atoms with Crippen molar-refractivity contribution < 1.29 is 74.1 Å². The lowest BCUT2D eigenvalue weighted by atomic mass is 9.95. The highest BCUT2D eigenvalue weighted by Crippen LogP contribution is 2.43. The molecule has 3 heterocycles. The van der Waals surface area contributed by atoms with E-state index in [-0.39, 0.29) is 35.0 Å². The maximum atomic E-state index is 13.0. The van der Waals surface area contributed by atoms with Crippen LogP contribution < -0.4 is 14.2 Å². The lowest BCUT2D eigenvalue weighted by Crippen LogP contribution is -2.64. The van der Waals surface area contributed by atoms with Crippen molar-refractivity contribution in [3.8, 4) is 28.7 Å². The van der Waals surface area contributed by atoms with Crippen LogP contribution in [0.3, 0.4) is 0 Å². The minimum absolute atomic E-state index is 0.0592. The second kappa shape index (κ2) is 12.4. The Bertz CT molecular complexity index is 1320. The fourth-order valence-corrected chi connectivity index (χ4v) is 5.29. The first kappa shape index (κ1) is 31.2. The maximum absolute atomic E-state index is 13.0. The van der Waals surface area contributed by atoms with Gasteiger partial charge >= 0.3 is 0 Å².